The summed E-state index contributed by atoms with van der Waals surface area (Å²) in [5, 5.41) is 0.205. The molecule has 0 N–H and O–H groups in total. The third kappa shape index (κ3) is 3.31. The number of anilines is 1. The number of fused-ring (bicyclic) bond motifs is 1. The van der Waals surface area contributed by atoms with Gasteiger partial charge < -0.3 is 9.32 Å². The van der Waals surface area contributed by atoms with Crippen LogP contribution in [0.2, 0.25) is 0 Å². The molecule has 24 heavy (non-hydrogen) atoms. The van der Waals surface area contributed by atoms with Crippen molar-refractivity contribution in [3.8, 4) is 0 Å². The van der Waals surface area contributed by atoms with Gasteiger partial charge in [0.05, 0.1) is 11.3 Å². The number of halogens is 3. The number of carbonyl (C=O) groups is 1. The van der Waals surface area contributed by atoms with Crippen molar-refractivity contribution < 1.29 is 22.4 Å². The van der Waals surface area contributed by atoms with Gasteiger partial charge in [-0.2, -0.15) is 13.2 Å². The van der Waals surface area contributed by atoms with Gasteiger partial charge in [-0.05, 0) is 43.7 Å². The van der Waals surface area contributed by atoms with Crippen LogP contribution in [0, 0.1) is 6.92 Å². The lowest BCUT2D eigenvalue weighted by Gasteiger charge is -2.22. The molecule has 1 atom stereocenters. The van der Waals surface area contributed by atoms with E-state index in [0.717, 1.165) is 12.1 Å². The molecule has 3 rings (SSSR count). The Hall–Kier alpha value is -1.89. The van der Waals surface area contributed by atoms with Crippen molar-refractivity contribution in [1.82, 2.24) is 0 Å². The molecule has 1 amide bonds. The van der Waals surface area contributed by atoms with E-state index in [9.17, 15) is 18.0 Å². The zero-order valence-corrected chi connectivity index (χ0v) is 14.0. The maximum Gasteiger partial charge on any atom is 0.416 e. The van der Waals surface area contributed by atoms with Crippen molar-refractivity contribution in [2.75, 3.05) is 11.4 Å². The van der Waals surface area contributed by atoms with Crippen LogP contribution in [0.1, 0.15) is 35.2 Å². The predicted molar refractivity (Wildman–Crippen MR) is 86.5 cm³/mol. The lowest BCUT2D eigenvalue weighted by molar-refractivity contribution is -0.137. The first-order chi connectivity index (χ1) is 11.3. The summed E-state index contributed by atoms with van der Waals surface area (Å²) in [6.07, 6.45) is -3.76. The molecular formula is C17H16F3NO2S. The van der Waals surface area contributed by atoms with Crippen LogP contribution in [-0.4, -0.2) is 17.7 Å². The van der Waals surface area contributed by atoms with E-state index in [1.54, 1.807) is 19.1 Å². The van der Waals surface area contributed by atoms with E-state index >= 15 is 0 Å². The summed E-state index contributed by atoms with van der Waals surface area (Å²) in [4.78, 5) is 14.8. The Labute approximate surface area is 141 Å². The summed E-state index contributed by atoms with van der Waals surface area (Å²) in [7, 11) is 0. The van der Waals surface area contributed by atoms with Gasteiger partial charge in [-0.15, -0.1) is 11.8 Å². The number of amides is 1. The molecule has 2 aromatic rings. The van der Waals surface area contributed by atoms with Crippen molar-refractivity contribution in [2.45, 2.75) is 36.6 Å². The Bertz CT molecular complexity index is 769. The van der Waals surface area contributed by atoms with Crippen LogP contribution in [0.4, 0.5) is 18.9 Å². The minimum atomic E-state index is -4.45. The Morgan fingerprint density at radius 1 is 1.29 bits per heavy atom. The minimum Gasteiger partial charge on any atom is -0.456 e. The van der Waals surface area contributed by atoms with Crippen molar-refractivity contribution >= 4 is 23.4 Å². The number of benzene rings is 1. The monoisotopic (exact) mass is 355 g/mol. The number of furan rings is 1. The lowest BCUT2D eigenvalue weighted by atomic mass is 10.1. The number of hydrogen-bond donors (Lipinski definition) is 0. The Kier molecular flexibility index (Phi) is 4.38. The van der Waals surface area contributed by atoms with Crippen LogP contribution in [-0.2, 0) is 6.18 Å². The molecule has 0 aliphatic carbocycles. The highest BCUT2D eigenvalue weighted by atomic mass is 32.2. The molecule has 0 fully saturated rings. The normalized spacial score (nSPS) is 18.2. The van der Waals surface area contributed by atoms with Gasteiger partial charge in [-0.1, -0.05) is 6.92 Å². The number of thioether (sulfide) groups is 1. The van der Waals surface area contributed by atoms with Gasteiger partial charge in [0.2, 0.25) is 0 Å². The summed E-state index contributed by atoms with van der Waals surface area (Å²) in [5.74, 6) is 0.300. The first-order valence-corrected chi connectivity index (χ1v) is 8.40. The molecule has 1 aliphatic rings. The highest BCUT2D eigenvalue weighted by Gasteiger charge is 2.34. The van der Waals surface area contributed by atoms with Crippen LogP contribution in [0.5, 0.6) is 0 Å². The number of rotatable bonds is 1. The number of alkyl halides is 3. The van der Waals surface area contributed by atoms with Crippen molar-refractivity contribution in [3.05, 3.63) is 47.4 Å². The van der Waals surface area contributed by atoms with Gasteiger partial charge in [0.1, 0.15) is 5.76 Å². The highest BCUT2D eigenvalue weighted by molar-refractivity contribution is 8.00. The number of carbonyl (C=O) groups excluding carboxylic acids is 1. The quantitative estimate of drug-likeness (QED) is 0.710. The van der Waals surface area contributed by atoms with E-state index in [-0.39, 0.29) is 11.0 Å². The lowest BCUT2D eigenvalue weighted by Crippen LogP contribution is -2.32. The Morgan fingerprint density at radius 2 is 2.04 bits per heavy atom. The van der Waals surface area contributed by atoms with E-state index in [1.165, 1.54) is 22.7 Å². The third-order valence-corrected chi connectivity index (χ3v) is 5.10. The topological polar surface area (TPSA) is 33.5 Å². The fraction of sp³-hybridized carbons (Fsp3) is 0.353. The van der Waals surface area contributed by atoms with Crippen LogP contribution >= 0.6 is 11.8 Å². The van der Waals surface area contributed by atoms with Gasteiger partial charge in [-0.3, -0.25) is 4.79 Å². The molecule has 0 saturated heterocycles. The summed E-state index contributed by atoms with van der Waals surface area (Å²) in [6.45, 7) is 4.06. The van der Waals surface area contributed by atoms with E-state index in [2.05, 4.69) is 0 Å². The van der Waals surface area contributed by atoms with Crippen LogP contribution in [0.15, 0.2) is 39.6 Å². The van der Waals surface area contributed by atoms with Crippen LogP contribution < -0.4 is 4.90 Å². The fourth-order valence-corrected chi connectivity index (χ4v) is 3.70. The van der Waals surface area contributed by atoms with E-state index in [1.807, 2.05) is 6.92 Å². The average molecular weight is 355 g/mol. The zero-order chi connectivity index (χ0) is 17.5. The summed E-state index contributed by atoms with van der Waals surface area (Å²) in [5.41, 5.74) is -0.469. The summed E-state index contributed by atoms with van der Waals surface area (Å²) in [6, 6.07) is 6.76. The highest BCUT2D eigenvalue weighted by Crippen LogP contribution is 2.41. The van der Waals surface area contributed by atoms with Gasteiger partial charge in [-0.25, -0.2) is 0 Å². The third-order valence-electron chi connectivity index (χ3n) is 3.86. The Morgan fingerprint density at radius 3 is 2.67 bits per heavy atom. The molecule has 2 heterocycles. The second-order valence-electron chi connectivity index (χ2n) is 5.76. The average Bonchev–Trinajstić information content (AvgIpc) is 2.86. The van der Waals surface area contributed by atoms with Gasteiger partial charge in [0, 0.05) is 16.7 Å². The number of nitrogens with zero attached hydrogens (tertiary/aromatic N) is 1. The fourth-order valence-electron chi connectivity index (χ4n) is 2.60. The first-order valence-electron chi connectivity index (χ1n) is 7.52. The van der Waals surface area contributed by atoms with Crippen molar-refractivity contribution in [1.29, 1.82) is 0 Å². The smallest absolute Gasteiger partial charge is 0.416 e. The van der Waals surface area contributed by atoms with E-state index < -0.39 is 17.6 Å². The standard InChI is InChI=1S/C17H16F3NO2S/c1-10-3-5-14(23-10)16(22)21-8-7-11(2)24-15-6-4-12(9-13(15)21)17(18,19)20/h3-6,9,11H,7-8H2,1-2H3. The van der Waals surface area contributed by atoms with E-state index in [4.69, 9.17) is 4.42 Å². The maximum absolute atomic E-state index is 13.1. The molecule has 1 aromatic carbocycles. The molecule has 0 saturated carbocycles. The molecule has 7 heteroatoms. The Balaban J connectivity index is 2.06. The molecule has 1 aromatic heterocycles. The molecule has 0 radical (unpaired) electrons. The largest absolute Gasteiger partial charge is 0.456 e. The van der Waals surface area contributed by atoms with E-state index in [0.29, 0.717) is 29.3 Å². The predicted octanol–water partition coefficient (Wildman–Crippen LogP) is 5.14. The zero-order valence-electron chi connectivity index (χ0n) is 13.2. The summed E-state index contributed by atoms with van der Waals surface area (Å²) >= 11 is 1.48. The van der Waals surface area contributed by atoms with Gasteiger partial charge in [0.25, 0.3) is 5.91 Å². The van der Waals surface area contributed by atoms with Crippen molar-refractivity contribution in [3.63, 3.8) is 0 Å². The second-order valence-corrected chi connectivity index (χ2v) is 7.24. The summed E-state index contributed by atoms with van der Waals surface area (Å²) < 4.78 is 44.5. The first kappa shape index (κ1) is 17.0. The SMILES string of the molecule is Cc1ccc(C(=O)N2CCC(C)Sc3ccc(C(F)(F)F)cc32)o1. The molecule has 0 bridgehead atoms. The molecule has 1 unspecified atom stereocenters. The van der Waals surface area contributed by atoms with Gasteiger partial charge >= 0.3 is 6.18 Å². The molecule has 128 valence electrons. The maximum atomic E-state index is 13.1. The molecular weight excluding hydrogens is 339 g/mol. The van der Waals surface area contributed by atoms with Gasteiger partial charge in [0.15, 0.2) is 5.76 Å². The molecule has 3 nitrogen and oxygen atoms in total. The van der Waals surface area contributed by atoms with Crippen LogP contribution in [0.3, 0.4) is 0 Å². The second kappa shape index (κ2) is 6.20. The minimum absolute atomic E-state index is 0.135. The molecule has 0 spiro atoms. The van der Waals surface area contributed by atoms with Crippen molar-refractivity contribution in [2.24, 2.45) is 0 Å². The number of aryl methyl sites for hydroxylation is 1. The van der Waals surface area contributed by atoms with Crippen LogP contribution in [0.25, 0.3) is 0 Å². The number of hydrogen-bond acceptors (Lipinski definition) is 3. The molecule has 1 aliphatic heterocycles.